The first-order valence-corrected chi connectivity index (χ1v) is 33.8. The summed E-state index contributed by atoms with van der Waals surface area (Å²) in [5.74, 6) is -0.587. The zero-order valence-corrected chi connectivity index (χ0v) is 51.7. The van der Waals surface area contributed by atoms with Gasteiger partial charge in [0.25, 0.3) is 0 Å². The summed E-state index contributed by atoms with van der Waals surface area (Å²) in [6.07, 6.45) is 97.2. The lowest BCUT2D eigenvalue weighted by Crippen LogP contribution is -2.28. The van der Waals surface area contributed by atoms with E-state index in [1.807, 2.05) is 0 Å². The summed E-state index contributed by atoms with van der Waals surface area (Å²) in [5.41, 5.74) is 0. The second kappa shape index (κ2) is 68.1. The van der Waals surface area contributed by atoms with E-state index in [-0.39, 0.29) is 25.2 Å². The molecule has 0 aromatic rings. The van der Waals surface area contributed by atoms with Crippen LogP contribution in [0.15, 0.2) is 97.2 Å². The predicted octanol–water partition coefficient (Wildman–Crippen LogP) is 23.4. The van der Waals surface area contributed by atoms with E-state index < -0.39 is 6.10 Å². The predicted molar refractivity (Wildman–Crippen MR) is 343 cm³/mol. The molecule has 0 aromatic carbocycles. The molecule has 0 saturated heterocycles. The Hall–Kier alpha value is -3.18. The van der Waals surface area contributed by atoms with Crippen molar-refractivity contribution in [3.63, 3.8) is 0 Å². The number of aliphatic hydroxyl groups is 1. The molecule has 0 rings (SSSR count). The summed E-state index contributed by atoms with van der Waals surface area (Å²) >= 11 is 0. The van der Waals surface area contributed by atoms with Gasteiger partial charge < -0.3 is 14.6 Å². The molecule has 1 atom stereocenters. The summed E-state index contributed by atoms with van der Waals surface area (Å²) < 4.78 is 10.7. The molecule has 0 aromatic heterocycles. The number of allylic oxidation sites excluding steroid dienone is 16. The van der Waals surface area contributed by atoms with Crippen LogP contribution in [0.5, 0.6) is 0 Å². The van der Waals surface area contributed by atoms with Crippen LogP contribution in [0.25, 0.3) is 0 Å². The zero-order chi connectivity index (χ0) is 56.2. The van der Waals surface area contributed by atoms with Crippen LogP contribution in [-0.4, -0.2) is 36.4 Å². The maximum atomic E-state index is 12.4. The molecular formula is C73H128O5. The highest BCUT2D eigenvalue weighted by molar-refractivity contribution is 5.70. The number of esters is 2. The first-order valence-electron chi connectivity index (χ1n) is 33.8. The number of aliphatic hydroxyl groups excluding tert-OH is 1. The molecule has 0 bridgehead atoms. The lowest BCUT2D eigenvalue weighted by Gasteiger charge is -2.15. The molecule has 450 valence electrons. The van der Waals surface area contributed by atoms with Gasteiger partial charge in [0, 0.05) is 12.8 Å². The Bertz CT molecular complexity index is 1460. The van der Waals surface area contributed by atoms with Gasteiger partial charge in [-0.1, -0.05) is 323 Å². The van der Waals surface area contributed by atoms with Crippen LogP contribution in [0.1, 0.15) is 335 Å². The van der Waals surface area contributed by atoms with Gasteiger partial charge in [-0.15, -0.1) is 0 Å². The molecule has 0 heterocycles. The van der Waals surface area contributed by atoms with Crippen molar-refractivity contribution in [1.82, 2.24) is 0 Å². The number of unbranched alkanes of at least 4 members (excludes halogenated alkanes) is 38. The third kappa shape index (κ3) is 65.3. The van der Waals surface area contributed by atoms with Gasteiger partial charge in [-0.25, -0.2) is 0 Å². The number of ether oxygens (including phenoxy) is 2. The van der Waals surface area contributed by atoms with Gasteiger partial charge in [-0.05, 0) is 96.3 Å². The average molecular weight is 1090 g/mol. The van der Waals surface area contributed by atoms with Crippen molar-refractivity contribution in [2.24, 2.45) is 0 Å². The van der Waals surface area contributed by atoms with Gasteiger partial charge in [0.2, 0.25) is 0 Å². The molecule has 5 nitrogen and oxygen atoms in total. The molecule has 78 heavy (non-hydrogen) atoms. The van der Waals surface area contributed by atoms with Gasteiger partial charge in [0.1, 0.15) is 6.61 Å². The fraction of sp³-hybridized carbons (Fsp3) is 0.753. The zero-order valence-electron chi connectivity index (χ0n) is 51.7. The Morgan fingerprint density at radius 3 is 0.833 bits per heavy atom. The maximum absolute atomic E-state index is 12.4. The second-order valence-corrected chi connectivity index (χ2v) is 22.5. The monoisotopic (exact) mass is 1080 g/mol. The third-order valence-electron chi connectivity index (χ3n) is 14.9. The molecule has 0 saturated carbocycles. The summed E-state index contributed by atoms with van der Waals surface area (Å²) in [6, 6.07) is 0. The Labute approximate surface area is 485 Å². The Kier molecular flexibility index (Phi) is 65.3. The van der Waals surface area contributed by atoms with Gasteiger partial charge >= 0.3 is 11.9 Å². The molecule has 0 aliphatic carbocycles. The third-order valence-corrected chi connectivity index (χ3v) is 14.9. The summed E-state index contributed by atoms with van der Waals surface area (Å²) in [5, 5.41) is 9.69. The van der Waals surface area contributed by atoms with Crippen molar-refractivity contribution in [3.8, 4) is 0 Å². The molecule has 0 radical (unpaired) electrons. The van der Waals surface area contributed by atoms with Gasteiger partial charge in [0.15, 0.2) is 6.10 Å². The minimum atomic E-state index is -0.778. The Balaban J connectivity index is 3.43. The second-order valence-electron chi connectivity index (χ2n) is 22.5. The highest BCUT2D eigenvalue weighted by Crippen LogP contribution is 2.18. The normalized spacial score (nSPS) is 12.8. The van der Waals surface area contributed by atoms with Crippen molar-refractivity contribution < 1.29 is 24.2 Å². The summed E-state index contributed by atoms with van der Waals surface area (Å²) in [7, 11) is 0. The summed E-state index contributed by atoms with van der Waals surface area (Å²) in [6.45, 7) is 4.04. The Morgan fingerprint density at radius 1 is 0.308 bits per heavy atom. The molecular weight excluding hydrogens is 957 g/mol. The smallest absolute Gasteiger partial charge is 0.306 e. The van der Waals surface area contributed by atoms with E-state index in [0.717, 1.165) is 83.5 Å². The Morgan fingerprint density at radius 2 is 0.551 bits per heavy atom. The van der Waals surface area contributed by atoms with Crippen LogP contribution in [0, 0.1) is 0 Å². The maximum Gasteiger partial charge on any atom is 0.306 e. The quantitative estimate of drug-likeness (QED) is 0.0373. The van der Waals surface area contributed by atoms with Crippen molar-refractivity contribution in [2.45, 2.75) is 341 Å². The van der Waals surface area contributed by atoms with E-state index in [1.165, 1.54) is 225 Å². The number of carbonyl (C=O) groups excluding carboxylic acids is 2. The highest BCUT2D eigenvalue weighted by atomic mass is 16.6. The molecule has 0 aliphatic heterocycles. The number of hydrogen-bond donors (Lipinski definition) is 1. The number of carbonyl (C=O) groups is 2. The molecule has 0 amide bonds. The van der Waals surface area contributed by atoms with Crippen molar-refractivity contribution in [1.29, 1.82) is 0 Å². The minimum Gasteiger partial charge on any atom is -0.462 e. The molecule has 0 spiro atoms. The van der Waals surface area contributed by atoms with E-state index >= 15 is 0 Å². The van der Waals surface area contributed by atoms with Crippen molar-refractivity contribution >= 4 is 11.9 Å². The summed E-state index contributed by atoms with van der Waals surface area (Å²) in [4.78, 5) is 24.6. The minimum absolute atomic E-state index is 0.0693. The standard InChI is InChI=1S/C73H128O5/c1-3-5-7-9-11-13-15-17-19-21-23-25-27-28-29-30-31-32-33-34-35-36-37-38-39-40-41-42-43-44-46-48-50-52-54-56-58-60-62-64-66-68-73(76)78-71(69-74)70-77-72(75)67-65-63-61-59-57-55-53-51-49-47-45-26-24-22-20-18-16-14-12-10-8-6-4-2/h5,7,11,13,16-19,22-25,28-29,45,47,71,74H,3-4,6,8-10,12,14-15,20-21,26-27,30-44,46,48-70H2,1-2H3/b7-5-,13-11-,18-16-,19-17-,24-22-,25-23-,29-28-,47-45-. The van der Waals surface area contributed by atoms with Crippen LogP contribution in [-0.2, 0) is 19.1 Å². The van der Waals surface area contributed by atoms with E-state index in [2.05, 4.69) is 111 Å². The first kappa shape index (κ1) is 74.8. The van der Waals surface area contributed by atoms with E-state index in [1.54, 1.807) is 0 Å². The van der Waals surface area contributed by atoms with Crippen LogP contribution >= 0.6 is 0 Å². The average Bonchev–Trinajstić information content (AvgIpc) is 3.44. The van der Waals surface area contributed by atoms with E-state index in [0.29, 0.717) is 12.8 Å². The van der Waals surface area contributed by atoms with Crippen LogP contribution < -0.4 is 0 Å². The largest absolute Gasteiger partial charge is 0.462 e. The lowest BCUT2D eigenvalue weighted by molar-refractivity contribution is -0.161. The number of rotatable bonds is 62. The fourth-order valence-corrected chi connectivity index (χ4v) is 9.83. The van der Waals surface area contributed by atoms with E-state index in [4.69, 9.17) is 9.47 Å². The van der Waals surface area contributed by atoms with Crippen molar-refractivity contribution in [2.75, 3.05) is 13.2 Å². The van der Waals surface area contributed by atoms with Crippen LogP contribution in [0.4, 0.5) is 0 Å². The van der Waals surface area contributed by atoms with Gasteiger partial charge in [-0.3, -0.25) is 9.59 Å². The van der Waals surface area contributed by atoms with Crippen LogP contribution in [0.2, 0.25) is 0 Å². The SMILES string of the molecule is CC/C=C\C/C=C\C/C=C\C/C=C\C/C=C\CCCCCCCCCCCCCCCCCCCCCCCCCCCC(=O)OC(CO)COC(=O)CCCCCCCCCC/C=C\C/C=C\C/C=C\CCCCCCC. The van der Waals surface area contributed by atoms with Gasteiger partial charge in [-0.2, -0.15) is 0 Å². The topological polar surface area (TPSA) is 72.8 Å². The lowest BCUT2D eigenvalue weighted by atomic mass is 10.0. The molecule has 0 aliphatic rings. The molecule has 0 fully saturated rings. The van der Waals surface area contributed by atoms with Crippen molar-refractivity contribution in [3.05, 3.63) is 97.2 Å². The van der Waals surface area contributed by atoms with Gasteiger partial charge in [0.05, 0.1) is 6.61 Å². The fourth-order valence-electron chi connectivity index (χ4n) is 9.83. The molecule has 1 unspecified atom stereocenters. The van der Waals surface area contributed by atoms with Crippen LogP contribution in [0.3, 0.4) is 0 Å². The molecule has 1 N–H and O–H groups in total. The molecule has 5 heteroatoms. The highest BCUT2D eigenvalue weighted by Gasteiger charge is 2.16. The first-order chi connectivity index (χ1) is 38.6. The van der Waals surface area contributed by atoms with E-state index in [9.17, 15) is 14.7 Å². The number of hydrogen-bond acceptors (Lipinski definition) is 5.